The van der Waals surface area contributed by atoms with Crippen LogP contribution in [-0.2, 0) is 12.6 Å². The van der Waals surface area contributed by atoms with Crippen molar-refractivity contribution in [1.29, 1.82) is 0 Å². The Balaban J connectivity index is 1.67. The summed E-state index contributed by atoms with van der Waals surface area (Å²) in [4.78, 5) is 26.0. The second-order valence-electron chi connectivity index (χ2n) is 10.6. The van der Waals surface area contributed by atoms with Gasteiger partial charge in [-0.25, -0.2) is 8.78 Å². The number of hydrogen-bond donors (Lipinski definition) is 1. The van der Waals surface area contributed by atoms with E-state index in [1.807, 2.05) is 0 Å². The molecule has 11 heteroatoms. The van der Waals surface area contributed by atoms with E-state index in [-0.39, 0.29) is 33.9 Å². The van der Waals surface area contributed by atoms with E-state index in [9.17, 15) is 36.6 Å². The average Bonchev–Trinajstić information content (AvgIpc) is 3.51. The molecule has 1 aliphatic carbocycles. The Kier molecular flexibility index (Phi) is 6.66. The molecular weight excluding hydrogens is 553 g/mol. The molecule has 0 aliphatic heterocycles. The molecule has 40 heavy (non-hydrogen) atoms. The van der Waals surface area contributed by atoms with Crippen molar-refractivity contribution in [1.82, 2.24) is 4.57 Å². The smallest absolute Gasteiger partial charge is 0.394 e. The molecular formula is C29H24F5NO4S. The van der Waals surface area contributed by atoms with E-state index in [0.717, 1.165) is 23.5 Å². The van der Waals surface area contributed by atoms with Gasteiger partial charge in [0.05, 0.1) is 15.9 Å². The topological polar surface area (TPSA) is 68.5 Å². The number of fused-ring (bicyclic) bond motifs is 1. The first-order chi connectivity index (χ1) is 18.6. The maximum atomic E-state index is 14.5. The Bertz CT molecular complexity index is 1710. The van der Waals surface area contributed by atoms with Crippen LogP contribution < -0.4 is 10.3 Å². The summed E-state index contributed by atoms with van der Waals surface area (Å²) in [5.41, 5.74) is -2.66. The maximum absolute atomic E-state index is 14.5. The number of alkyl halides is 3. The van der Waals surface area contributed by atoms with Crippen molar-refractivity contribution in [3.63, 3.8) is 0 Å². The van der Waals surface area contributed by atoms with Gasteiger partial charge in [0.25, 0.3) is 5.56 Å². The second kappa shape index (κ2) is 9.52. The Hall–Kier alpha value is -3.57. The molecule has 0 unspecified atom stereocenters. The minimum absolute atomic E-state index is 0.0146. The van der Waals surface area contributed by atoms with Gasteiger partial charge in [0.1, 0.15) is 16.3 Å². The standard InChI is InChI=1S/C29H24F5NO4S/c1-27(2,38)15-4-6-22(39-23-7-5-16(30)11-20(23)31)17(10-15)19-14-35(3)26(37)25-18(19)12-24(40-25)21(36)13-28(8-9-28)29(32,33)34/h4-7,10-12,14,38H,8-9,13H2,1-3H3. The molecule has 1 aliphatic rings. The molecule has 0 atom stereocenters. The Morgan fingerprint density at radius 2 is 1.73 bits per heavy atom. The van der Waals surface area contributed by atoms with E-state index in [1.165, 1.54) is 29.9 Å². The van der Waals surface area contributed by atoms with Crippen LogP contribution in [0.15, 0.2) is 53.5 Å². The number of aromatic nitrogens is 1. The normalized spacial score (nSPS) is 14.9. The highest BCUT2D eigenvalue weighted by atomic mass is 32.1. The second-order valence-corrected chi connectivity index (χ2v) is 11.7. The van der Waals surface area contributed by atoms with E-state index in [1.54, 1.807) is 26.0 Å². The van der Waals surface area contributed by atoms with E-state index in [0.29, 0.717) is 28.1 Å². The zero-order valence-electron chi connectivity index (χ0n) is 21.7. The number of pyridine rings is 1. The Labute approximate surface area is 229 Å². The van der Waals surface area contributed by atoms with Crippen molar-refractivity contribution < 1.29 is 36.6 Å². The summed E-state index contributed by atoms with van der Waals surface area (Å²) >= 11 is 0.816. The Morgan fingerprint density at radius 1 is 1.05 bits per heavy atom. The molecule has 210 valence electrons. The van der Waals surface area contributed by atoms with Crippen molar-refractivity contribution in [3.05, 3.63) is 81.1 Å². The lowest BCUT2D eigenvalue weighted by molar-refractivity contribution is -0.185. The molecule has 0 bridgehead atoms. The van der Waals surface area contributed by atoms with E-state index in [4.69, 9.17) is 4.74 Å². The number of carbonyl (C=O) groups excluding carboxylic acids is 1. The molecule has 2 aromatic carbocycles. The predicted molar refractivity (Wildman–Crippen MR) is 141 cm³/mol. The fraction of sp³-hybridized carbons (Fsp3) is 0.310. The van der Waals surface area contributed by atoms with E-state index >= 15 is 0 Å². The molecule has 5 rings (SSSR count). The zero-order chi connectivity index (χ0) is 29.2. The van der Waals surface area contributed by atoms with Gasteiger partial charge in [-0.05, 0) is 62.6 Å². The molecule has 5 nitrogen and oxygen atoms in total. The molecule has 4 aromatic rings. The van der Waals surface area contributed by atoms with Gasteiger partial charge in [0, 0.05) is 42.2 Å². The number of aliphatic hydroxyl groups is 1. The predicted octanol–water partition coefficient (Wildman–Crippen LogP) is 7.48. The first kappa shape index (κ1) is 28.0. The summed E-state index contributed by atoms with van der Waals surface area (Å²) < 4.78 is 75.6. The fourth-order valence-electron chi connectivity index (χ4n) is 4.58. The summed E-state index contributed by atoms with van der Waals surface area (Å²) in [5.74, 6) is -2.63. The molecule has 0 spiro atoms. The van der Waals surface area contributed by atoms with Gasteiger partial charge in [-0.15, -0.1) is 11.3 Å². The largest absolute Gasteiger partial charge is 0.454 e. The quantitative estimate of drug-likeness (QED) is 0.183. The van der Waals surface area contributed by atoms with Gasteiger partial charge >= 0.3 is 6.18 Å². The third kappa shape index (κ3) is 5.03. The van der Waals surface area contributed by atoms with Crippen molar-refractivity contribution >= 4 is 27.2 Å². The van der Waals surface area contributed by atoms with Crippen molar-refractivity contribution in [2.45, 2.75) is 44.9 Å². The molecule has 2 aromatic heterocycles. The van der Waals surface area contributed by atoms with Crippen LogP contribution in [0.2, 0.25) is 0 Å². The van der Waals surface area contributed by atoms with Gasteiger partial charge in [0.15, 0.2) is 17.3 Å². The van der Waals surface area contributed by atoms with E-state index in [2.05, 4.69) is 0 Å². The first-order valence-corrected chi connectivity index (χ1v) is 13.1. The fourth-order valence-corrected chi connectivity index (χ4v) is 5.67. The summed E-state index contributed by atoms with van der Waals surface area (Å²) in [5, 5.41) is 10.9. The molecule has 0 saturated heterocycles. The molecule has 0 radical (unpaired) electrons. The molecule has 0 amide bonds. The number of Topliss-reactive ketones (excluding diaryl/α,β-unsaturated/α-hetero) is 1. The van der Waals surface area contributed by atoms with Gasteiger partial charge in [0.2, 0.25) is 0 Å². The third-order valence-corrected chi connectivity index (χ3v) is 8.34. The lowest BCUT2D eigenvalue weighted by atomic mass is 9.93. The Morgan fingerprint density at radius 3 is 2.33 bits per heavy atom. The summed E-state index contributed by atoms with van der Waals surface area (Å²) in [6.07, 6.45) is -3.97. The molecule has 1 saturated carbocycles. The van der Waals surface area contributed by atoms with Crippen LogP contribution in [0.3, 0.4) is 0 Å². The number of rotatable bonds is 7. The van der Waals surface area contributed by atoms with Gasteiger partial charge in [-0.3, -0.25) is 9.59 Å². The van der Waals surface area contributed by atoms with Crippen molar-refractivity contribution in [2.24, 2.45) is 12.5 Å². The van der Waals surface area contributed by atoms with Crippen LogP contribution in [0, 0.1) is 17.0 Å². The monoisotopic (exact) mass is 577 g/mol. The number of nitrogens with zero attached hydrogens (tertiary/aromatic N) is 1. The minimum atomic E-state index is -4.50. The number of halogens is 5. The van der Waals surface area contributed by atoms with Crippen molar-refractivity contribution in [3.8, 4) is 22.6 Å². The summed E-state index contributed by atoms with van der Waals surface area (Å²) in [7, 11) is 1.48. The number of ketones is 1. The molecule has 1 fully saturated rings. The van der Waals surface area contributed by atoms with Crippen LogP contribution >= 0.6 is 11.3 Å². The number of aryl methyl sites for hydroxylation is 1. The minimum Gasteiger partial charge on any atom is -0.454 e. The lowest BCUT2D eigenvalue weighted by Gasteiger charge is -2.21. The van der Waals surface area contributed by atoms with Gasteiger partial charge in [-0.2, -0.15) is 13.2 Å². The first-order valence-electron chi connectivity index (χ1n) is 12.3. The number of carbonyl (C=O) groups is 1. The van der Waals surface area contributed by atoms with Crippen molar-refractivity contribution in [2.75, 3.05) is 0 Å². The highest BCUT2D eigenvalue weighted by Gasteiger charge is 2.63. The summed E-state index contributed by atoms with van der Waals surface area (Å²) in [6, 6.07) is 8.83. The SMILES string of the molecule is Cn1cc(-c2cc(C(C)(C)O)ccc2Oc2ccc(F)cc2F)c2cc(C(=O)CC3(C(F)(F)F)CC3)sc2c1=O. The maximum Gasteiger partial charge on any atom is 0.394 e. The number of benzene rings is 2. The molecule has 2 heterocycles. The third-order valence-electron chi connectivity index (χ3n) is 7.18. The van der Waals surface area contributed by atoms with Crippen LogP contribution in [0.5, 0.6) is 11.5 Å². The zero-order valence-corrected chi connectivity index (χ0v) is 22.5. The van der Waals surface area contributed by atoms with Gasteiger partial charge in [-0.1, -0.05) is 6.07 Å². The number of ether oxygens (including phenoxy) is 1. The van der Waals surface area contributed by atoms with Crippen LogP contribution in [0.25, 0.3) is 21.2 Å². The average molecular weight is 578 g/mol. The van der Waals surface area contributed by atoms with Crippen LogP contribution in [0.4, 0.5) is 22.0 Å². The van der Waals surface area contributed by atoms with E-state index < -0.39 is 46.6 Å². The number of thiophene rings is 1. The van der Waals surface area contributed by atoms with Crippen LogP contribution in [0.1, 0.15) is 48.3 Å². The summed E-state index contributed by atoms with van der Waals surface area (Å²) in [6.45, 7) is 3.11. The van der Waals surface area contributed by atoms with Crippen LogP contribution in [-0.4, -0.2) is 21.6 Å². The van der Waals surface area contributed by atoms with Gasteiger partial charge < -0.3 is 14.4 Å². The highest BCUT2D eigenvalue weighted by molar-refractivity contribution is 7.20. The number of hydrogen-bond acceptors (Lipinski definition) is 5. The highest BCUT2D eigenvalue weighted by Crippen LogP contribution is 2.60. The molecule has 1 N–H and O–H groups in total. The lowest BCUT2D eigenvalue weighted by Crippen LogP contribution is -2.27.